The fraction of sp³-hybridized carbons (Fsp3) is 0.238. The van der Waals surface area contributed by atoms with Gasteiger partial charge >= 0.3 is 0 Å². The van der Waals surface area contributed by atoms with Crippen LogP contribution in [0.1, 0.15) is 18.9 Å². The van der Waals surface area contributed by atoms with Crippen LogP contribution < -0.4 is 11.1 Å². The number of tetrazole rings is 1. The van der Waals surface area contributed by atoms with Crippen molar-refractivity contribution in [3.05, 3.63) is 60.6 Å². The van der Waals surface area contributed by atoms with Crippen LogP contribution in [0.5, 0.6) is 0 Å². The van der Waals surface area contributed by atoms with E-state index in [9.17, 15) is 8.78 Å². The first-order chi connectivity index (χ1) is 15.1. The number of nitrogen functional groups attached to an aromatic ring is 1. The molecule has 0 unspecified atom stereocenters. The van der Waals surface area contributed by atoms with Crippen LogP contribution >= 0.6 is 0 Å². The fourth-order valence-electron chi connectivity index (χ4n) is 3.90. The van der Waals surface area contributed by atoms with Gasteiger partial charge in [0.15, 0.2) is 17.5 Å². The molecule has 1 saturated heterocycles. The van der Waals surface area contributed by atoms with Crippen molar-refractivity contribution in [2.45, 2.75) is 18.9 Å². The molecular formula is C21H20F2N8. The third kappa shape index (κ3) is 3.55. The van der Waals surface area contributed by atoms with Crippen molar-refractivity contribution < 1.29 is 8.78 Å². The lowest BCUT2D eigenvalue weighted by atomic mass is 10.1. The first-order valence-corrected chi connectivity index (χ1v) is 9.99. The number of piperidine rings is 1. The molecule has 0 aliphatic carbocycles. The summed E-state index contributed by atoms with van der Waals surface area (Å²) < 4.78 is 31.4. The number of aromatic nitrogens is 6. The van der Waals surface area contributed by atoms with Gasteiger partial charge in [0.1, 0.15) is 11.5 Å². The lowest BCUT2D eigenvalue weighted by molar-refractivity contribution is 0.369. The van der Waals surface area contributed by atoms with E-state index in [2.05, 4.69) is 42.8 Å². The zero-order valence-corrected chi connectivity index (χ0v) is 16.5. The third-order valence-electron chi connectivity index (χ3n) is 5.57. The highest BCUT2D eigenvalue weighted by atomic mass is 19.2. The minimum atomic E-state index is -1.04. The average molecular weight is 422 g/mol. The van der Waals surface area contributed by atoms with Crippen LogP contribution in [-0.4, -0.2) is 42.8 Å². The minimum absolute atomic E-state index is 0.109. The van der Waals surface area contributed by atoms with Crippen LogP contribution in [0.3, 0.4) is 0 Å². The number of benzene rings is 1. The molecule has 0 spiro atoms. The number of nitrogens with one attached hydrogen (secondary N) is 1. The summed E-state index contributed by atoms with van der Waals surface area (Å²) in [4.78, 5) is 4.29. The van der Waals surface area contributed by atoms with Crippen LogP contribution in [0.25, 0.3) is 28.2 Å². The highest BCUT2D eigenvalue weighted by molar-refractivity contribution is 5.76. The van der Waals surface area contributed by atoms with Gasteiger partial charge in [-0.15, -0.1) is 5.10 Å². The summed E-state index contributed by atoms with van der Waals surface area (Å²) >= 11 is 0. The molecule has 0 amide bonds. The Morgan fingerprint density at radius 1 is 1.10 bits per heavy atom. The van der Waals surface area contributed by atoms with Gasteiger partial charge in [-0.1, -0.05) is 6.07 Å². The number of nitrogens with two attached hydrogens (primary N) is 1. The van der Waals surface area contributed by atoms with Gasteiger partial charge in [0.2, 0.25) is 0 Å². The largest absolute Gasteiger partial charge is 0.383 e. The van der Waals surface area contributed by atoms with E-state index < -0.39 is 11.6 Å². The summed E-state index contributed by atoms with van der Waals surface area (Å²) in [6.07, 6.45) is 7.98. The zero-order valence-electron chi connectivity index (χ0n) is 16.5. The topological polar surface area (TPSA) is 99.5 Å². The molecule has 3 aromatic heterocycles. The van der Waals surface area contributed by atoms with Crippen LogP contribution in [-0.2, 0) is 0 Å². The summed E-state index contributed by atoms with van der Waals surface area (Å²) in [6, 6.07) is 8.11. The maximum atomic E-state index is 14.3. The van der Waals surface area contributed by atoms with Crippen molar-refractivity contribution in [2.75, 3.05) is 18.8 Å². The Balaban J connectivity index is 1.53. The predicted octanol–water partition coefficient (Wildman–Crippen LogP) is 2.98. The van der Waals surface area contributed by atoms with Gasteiger partial charge in [-0.05, 0) is 60.6 Å². The standard InChI is InChI=1S/C21H20F2N8/c22-17-2-1-3-18(19(17)23)31-21(27-28-29-31)16-10-14(11-26-20(16)24)13-6-9-30(12-13)15-4-7-25-8-5-15/h1-3,6,9-12,15,25H,4-5,7-8H2,(H2,24,26). The molecule has 1 aromatic carbocycles. The SMILES string of the molecule is Nc1ncc(-c2ccn(C3CCNCC3)c2)cc1-c1nnnn1-c1cccc(F)c1F. The van der Waals surface area contributed by atoms with Crippen molar-refractivity contribution in [3.8, 4) is 28.2 Å². The van der Waals surface area contributed by atoms with Crippen molar-refractivity contribution >= 4 is 5.82 Å². The lowest BCUT2D eigenvalue weighted by Crippen LogP contribution is -2.28. The quantitative estimate of drug-likeness (QED) is 0.525. The Morgan fingerprint density at radius 3 is 2.77 bits per heavy atom. The molecule has 1 aliphatic rings. The molecule has 4 aromatic rings. The summed E-state index contributed by atoms with van der Waals surface area (Å²) in [7, 11) is 0. The van der Waals surface area contributed by atoms with Crippen LogP contribution in [0.15, 0.2) is 48.9 Å². The van der Waals surface area contributed by atoms with E-state index in [0.29, 0.717) is 11.6 Å². The predicted molar refractivity (Wildman–Crippen MR) is 111 cm³/mol. The number of pyridine rings is 1. The molecule has 5 rings (SSSR count). The highest BCUT2D eigenvalue weighted by Crippen LogP contribution is 2.31. The lowest BCUT2D eigenvalue weighted by Gasteiger charge is -2.24. The van der Waals surface area contributed by atoms with E-state index in [1.807, 2.05) is 12.1 Å². The van der Waals surface area contributed by atoms with E-state index in [1.165, 1.54) is 12.1 Å². The normalized spacial score (nSPS) is 14.8. The smallest absolute Gasteiger partial charge is 0.190 e. The molecule has 10 heteroatoms. The Morgan fingerprint density at radius 2 is 1.94 bits per heavy atom. The van der Waals surface area contributed by atoms with Crippen LogP contribution in [0.4, 0.5) is 14.6 Å². The van der Waals surface area contributed by atoms with Crippen molar-refractivity contribution in [2.24, 2.45) is 0 Å². The van der Waals surface area contributed by atoms with Gasteiger partial charge in [-0.2, -0.15) is 4.68 Å². The van der Waals surface area contributed by atoms with E-state index in [-0.39, 0.29) is 17.3 Å². The summed E-state index contributed by atoms with van der Waals surface area (Å²) in [5.74, 6) is -1.67. The second-order valence-corrected chi connectivity index (χ2v) is 7.47. The number of hydrogen-bond acceptors (Lipinski definition) is 6. The number of nitrogens with zero attached hydrogens (tertiary/aromatic N) is 6. The van der Waals surface area contributed by atoms with Crippen LogP contribution in [0, 0.1) is 11.6 Å². The Bertz CT molecular complexity index is 1230. The van der Waals surface area contributed by atoms with Crippen LogP contribution in [0.2, 0.25) is 0 Å². The summed E-state index contributed by atoms with van der Waals surface area (Å²) in [5, 5.41) is 14.8. The van der Waals surface area contributed by atoms with E-state index in [4.69, 9.17) is 5.73 Å². The van der Waals surface area contributed by atoms with E-state index in [0.717, 1.165) is 47.8 Å². The first kappa shape index (κ1) is 19.3. The average Bonchev–Trinajstić information content (AvgIpc) is 3.47. The monoisotopic (exact) mass is 422 g/mol. The minimum Gasteiger partial charge on any atom is -0.383 e. The Hall–Kier alpha value is -3.66. The molecule has 0 saturated carbocycles. The van der Waals surface area contributed by atoms with Gasteiger partial charge in [-0.3, -0.25) is 0 Å². The Kier molecular flexibility index (Phi) is 4.91. The molecule has 0 radical (unpaired) electrons. The molecule has 3 N–H and O–H groups in total. The van der Waals surface area contributed by atoms with E-state index in [1.54, 1.807) is 6.20 Å². The molecule has 4 heterocycles. The second-order valence-electron chi connectivity index (χ2n) is 7.47. The Labute approximate surface area is 176 Å². The number of halogens is 2. The molecule has 0 bridgehead atoms. The molecule has 1 aliphatic heterocycles. The molecule has 158 valence electrons. The molecule has 8 nitrogen and oxygen atoms in total. The molecular weight excluding hydrogens is 402 g/mol. The summed E-state index contributed by atoms with van der Waals surface area (Å²) in [6.45, 7) is 2.01. The second kappa shape index (κ2) is 7.88. The number of anilines is 1. The zero-order chi connectivity index (χ0) is 21.4. The summed E-state index contributed by atoms with van der Waals surface area (Å²) in [5.41, 5.74) is 8.22. The molecule has 31 heavy (non-hydrogen) atoms. The van der Waals surface area contributed by atoms with Gasteiger partial charge < -0.3 is 15.6 Å². The molecule has 1 fully saturated rings. The number of rotatable bonds is 4. The van der Waals surface area contributed by atoms with Gasteiger partial charge in [0.05, 0.1) is 5.56 Å². The fourth-order valence-corrected chi connectivity index (χ4v) is 3.90. The first-order valence-electron chi connectivity index (χ1n) is 9.99. The van der Waals surface area contributed by atoms with E-state index >= 15 is 0 Å². The third-order valence-corrected chi connectivity index (χ3v) is 5.57. The van der Waals surface area contributed by atoms with Gasteiger partial charge in [0.25, 0.3) is 0 Å². The molecule has 0 atom stereocenters. The number of hydrogen-bond donors (Lipinski definition) is 2. The van der Waals surface area contributed by atoms with Crippen molar-refractivity contribution in [3.63, 3.8) is 0 Å². The maximum absolute atomic E-state index is 14.3. The maximum Gasteiger partial charge on any atom is 0.190 e. The van der Waals surface area contributed by atoms with Gasteiger partial charge in [0, 0.05) is 35.8 Å². The van der Waals surface area contributed by atoms with Crippen molar-refractivity contribution in [1.29, 1.82) is 0 Å². The highest BCUT2D eigenvalue weighted by Gasteiger charge is 2.20. The van der Waals surface area contributed by atoms with Crippen molar-refractivity contribution in [1.82, 2.24) is 35.1 Å². The van der Waals surface area contributed by atoms with Gasteiger partial charge in [-0.25, -0.2) is 13.8 Å².